The standard InChI is InChI=1S/C55H68N2O7/c1-3-30-57(52(60)29-24-39-16-8-9-17-39)51-37-49(56-62-38-40-18-6-5-7-19-40)47-35-43(22-12-14-31-58)46(23-13-15-32-59)53-48-36-45(63-44-26-25-41-20-10-11-21-42(41)34-44)27-28-50(48)64-55(51,54(47)53)61-33-4-2/h4-7,10-11,18-21,25-28,34-36,39,43,46,51,53-54,58-59H,2-3,8-9,12-17,22-24,29-33,37-38H2,1H3. The Kier molecular flexibility index (Phi) is 15.5. The Morgan fingerprint density at radius 2 is 1.62 bits per heavy atom. The summed E-state index contributed by atoms with van der Waals surface area (Å²) in [6.45, 7) is 7.60. The van der Waals surface area contributed by atoms with Crippen molar-refractivity contribution in [2.75, 3.05) is 26.4 Å². The molecule has 64 heavy (non-hydrogen) atoms. The minimum atomic E-state index is -1.28. The lowest BCUT2D eigenvalue weighted by atomic mass is 9.55. The van der Waals surface area contributed by atoms with Gasteiger partial charge in [0, 0.05) is 44.1 Å². The highest BCUT2D eigenvalue weighted by atomic mass is 16.7. The first kappa shape index (κ1) is 45.6. The number of amides is 1. The van der Waals surface area contributed by atoms with Crippen LogP contribution in [0.2, 0.25) is 0 Å². The van der Waals surface area contributed by atoms with E-state index in [1.165, 1.54) is 25.7 Å². The van der Waals surface area contributed by atoms with Gasteiger partial charge in [-0.15, -0.1) is 6.58 Å². The van der Waals surface area contributed by atoms with E-state index in [4.69, 9.17) is 24.2 Å². The minimum absolute atomic E-state index is 0.118. The first-order valence-corrected chi connectivity index (χ1v) is 24.2. The van der Waals surface area contributed by atoms with Gasteiger partial charge in [-0.05, 0) is 109 Å². The SMILES string of the molecule is C=CCOC12Oc3ccc(Oc4ccc5ccccc5c4)cc3C3C(CCCCO)C(CCCCO)C=C(C(=NOCc4ccccc4)CC1N(CCC)C(=O)CCC1CCCC1)C32. The molecule has 0 radical (unpaired) electrons. The maximum atomic E-state index is 14.9. The van der Waals surface area contributed by atoms with Crippen LogP contribution in [0.15, 0.2) is 120 Å². The predicted octanol–water partition coefficient (Wildman–Crippen LogP) is 11.7. The second-order valence-electron chi connectivity index (χ2n) is 18.4. The molecule has 4 aliphatic rings. The van der Waals surface area contributed by atoms with Crippen LogP contribution >= 0.6 is 0 Å². The van der Waals surface area contributed by atoms with Gasteiger partial charge in [-0.25, -0.2) is 0 Å². The lowest BCUT2D eigenvalue weighted by Gasteiger charge is -2.60. The Hall–Kier alpha value is -4.96. The zero-order valence-corrected chi connectivity index (χ0v) is 37.8. The lowest BCUT2D eigenvalue weighted by Crippen LogP contribution is -2.70. The van der Waals surface area contributed by atoms with Crippen molar-refractivity contribution in [2.45, 2.75) is 121 Å². The van der Waals surface area contributed by atoms with Crippen LogP contribution in [0.5, 0.6) is 17.2 Å². The summed E-state index contributed by atoms with van der Waals surface area (Å²) in [5, 5.41) is 27.3. The van der Waals surface area contributed by atoms with E-state index in [-0.39, 0.29) is 49.4 Å². The number of benzene rings is 4. The predicted molar refractivity (Wildman–Crippen MR) is 253 cm³/mol. The van der Waals surface area contributed by atoms with Gasteiger partial charge in [-0.3, -0.25) is 4.79 Å². The van der Waals surface area contributed by atoms with Gasteiger partial charge in [0.2, 0.25) is 11.7 Å². The third-order valence-electron chi connectivity index (χ3n) is 14.3. The zero-order chi connectivity index (χ0) is 44.3. The van der Waals surface area contributed by atoms with E-state index in [9.17, 15) is 15.0 Å². The van der Waals surface area contributed by atoms with Gasteiger partial charge >= 0.3 is 0 Å². The van der Waals surface area contributed by atoms with E-state index >= 15 is 0 Å². The quantitative estimate of drug-likeness (QED) is 0.0460. The highest BCUT2D eigenvalue weighted by Gasteiger charge is 2.65. The number of carbonyl (C=O) groups excluding carboxylic acids is 1. The summed E-state index contributed by atoms with van der Waals surface area (Å²) in [4.78, 5) is 23.2. The molecule has 4 aromatic rings. The number of aliphatic hydroxyl groups excluding tert-OH is 2. The fourth-order valence-corrected chi connectivity index (χ4v) is 11.3. The summed E-state index contributed by atoms with van der Waals surface area (Å²) < 4.78 is 21.4. The average molecular weight is 869 g/mol. The number of allylic oxidation sites excluding steroid dienone is 1. The van der Waals surface area contributed by atoms with Crippen molar-refractivity contribution in [3.63, 3.8) is 0 Å². The smallest absolute Gasteiger partial charge is 0.239 e. The Balaban J connectivity index is 1.28. The highest BCUT2D eigenvalue weighted by molar-refractivity contribution is 6.03. The molecule has 0 spiro atoms. The number of aliphatic hydroxyl groups is 2. The second kappa shape index (κ2) is 21.8. The van der Waals surface area contributed by atoms with Crippen LogP contribution in [0.25, 0.3) is 10.8 Å². The summed E-state index contributed by atoms with van der Waals surface area (Å²) in [5.74, 6) is 1.35. The van der Waals surface area contributed by atoms with Crippen LogP contribution < -0.4 is 9.47 Å². The van der Waals surface area contributed by atoms with Crippen molar-refractivity contribution in [3.8, 4) is 17.2 Å². The van der Waals surface area contributed by atoms with Crippen molar-refractivity contribution in [1.29, 1.82) is 0 Å². The third kappa shape index (κ3) is 10.1. The van der Waals surface area contributed by atoms with Crippen LogP contribution in [0.4, 0.5) is 0 Å². The number of hydrogen-bond acceptors (Lipinski definition) is 8. The van der Waals surface area contributed by atoms with Crippen LogP contribution in [0.1, 0.15) is 114 Å². The molecule has 3 aliphatic carbocycles. The van der Waals surface area contributed by atoms with Crippen LogP contribution in [0, 0.1) is 23.7 Å². The van der Waals surface area contributed by atoms with Crippen molar-refractivity contribution < 1.29 is 34.1 Å². The lowest BCUT2D eigenvalue weighted by molar-refractivity contribution is -0.257. The molecule has 8 rings (SSSR count). The van der Waals surface area contributed by atoms with Gasteiger partial charge in [0.05, 0.1) is 18.2 Å². The molecule has 6 unspecified atom stereocenters. The topological polar surface area (TPSA) is 110 Å². The maximum Gasteiger partial charge on any atom is 0.239 e. The monoisotopic (exact) mass is 869 g/mol. The zero-order valence-electron chi connectivity index (χ0n) is 37.8. The number of hydrogen-bond donors (Lipinski definition) is 2. The third-order valence-corrected chi connectivity index (χ3v) is 14.3. The van der Waals surface area contributed by atoms with E-state index in [0.717, 1.165) is 83.2 Å². The molecule has 2 saturated carbocycles. The molecule has 9 nitrogen and oxygen atoms in total. The summed E-state index contributed by atoms with van der Waals surface area (Å²) in [6.07, 6.45) is 16.4. The number of carbonyl (C=O) groups is 1. The first-order chi connectivity index (χ1) is 31.5. The minimum Gasteiger partial charge on any atom is -0.459 e. The molecular weight excluding hydrogens is 801 g/mol. The molecular formula is C55H68N2O7. The van der Waals surface area contributed by atoms with E-state index in [1.54, 1.807) is 6.08 Å². The van der Waals surface area contributed by atoms with E-state index in [2.05, 4.69) is 54.8 Å². The second-order valence-corrected chi connectivity index (χ2v) is 18.4. The Bertz CT molecular complexity index is 2230. The first-order valence-electron chi connectivity index (χ1n) is 24.2. The summed E-state index contributed by atoms with van der Waals surface area (Å²) >= 11 is 0. The average Bonchev–Trinajstić information content (AvgIpc) is 3.85. The van der Waals surface area contributed by atoms with Gasteiger partial charge < -0.3 is 34.2 Å². The number of oxime groups is 1. The summed E-state index contributed by atoms with van der Waals surface area (Å²) in [5.41, 5.74) is 3.91. The molecule has 6 atom stereocenters. The van der Waals surface area contributed by atoms with Gasteiger partial charge in [-0.1, -0.05) is 123 Å². The Morgan fingerprint density at radius 3 is 2.39 bits per heavy atom. The van der Waals surface area contributed by atoms with Gasteiger partial charge in [-0.2, -0.15) is 0 Å². The van der Waals surface area contributed by atoms with Gasteiger partial charge in [0.1, 0.15) is 29.9 Å². The van der Waals surface area contributed by atoms with Gasteiger partial charge in [0.15, 0.2) is 0 Å². The van der Waals surface area contributed by atoms with E-state index < -0.39 is 11.8 Å². The van der Waals surface area contributed by atoms with Crippen LogP contribution in [0.3, 0.4) is 0 Å². The summed E-state index contributed by atoms with van der Waals surface area (Å²) in [7, 11) is 0. The number of unbranched alkanes of at least 4 members (excludes halogenated alkanes) is 2. The molecule has 0 aromatic heterocycles. The largest absolute Gasteiger partial charge is 0.459 e. The number of nitrogens with zero attached hydrogens (tertiary/aromatic N) is 2. The molecule has 340 valence electrons. The van der Waals surface area contributed by atoms with Crippen molar-refractivity contribution >= 4 is 22.4 Å². The molecule has 1 aliphatic heterocycles. The molecule has 0 bridgehead atoms. The highest BCUT2D eigenvalue weighted by Crippen LogP contribution is 2.62. The maximum absolute atomic E-state index is 14.9. The number of ether oxygens (including phenoxy) is 3. The van der Waals surface area contributed by atoms with Crippen molar-refractivity contribution in [2.24, 2.45) is 28.8 Å². The molecule has 0 saturated heterocycles. The molecule has 1 amide bonds. The number of rotatable bonds is 22. The van der Waals surface area contributed by atoms with Crippen molar-refractivity contribution in [1.82, 2.24) is 4.90 Å². The fourth-order valence-electron chi connectivity index (χ4n) is 11.3. The molecule has 2 N–H and O–H groups in total. The van der Waals surface area contributed by atoms with Crippen molar-refractivity contribution in [3.05, 3.63) is 126 Å². The molecule has 1 heterocycles. The van der Waals surface area contributed by atoms with E-state index in [0.29, 0.717) is 50.5 Å². The fraction of sp³-hybridized carbons (Fsp3) is 0.491. The van der Waals surface area contributed by atoms with Crippen LogP contribution in [-0.4, -0.2) is 64.9 Å². The molecule has 2 fully saturated rings. The van der Waals surface area contributed by atoms with Gasteiger partial charge in [0.25, 0.3) is 0 Å². The number of fused-ring (bicyclic) bond motifs is 3. The van der Waals surface area contributed by atoms with Crippen LogP contribution in [-0.2, 0) is 21.0 Å². The van der Waals surface area contributed by atoms with E-state index in [1.807, 2.05) is 60.7 Å². The normalized spacial score (nSPS) is 24.4. The Morgan fingerprint density at radius 1 is 0.891 bits per heavy atom. The summed E-state index contributed by atoms with van der Waals surface area (Å²) in [6, 6.07) is 30.2. The molecule has 9 heteroatoms. The molecule has 4 aromatic carbocycles. The Labute approximate surface area is 380 Å².